The molecule has 1 amide bonds. The van der Waals surface area contributed by atoms with E-state index < -0.39 is 0 Å². The highest BCUT2D eigenvalue weighted by Crippen LogP contribution is 2.24. The molecule has 0 saturated heterocycles. The topological polar surface area (TPSA) is 66.6 Å². The van der Waals surface area contributed by atoms with Gasteiger partial charge in [-0.2, -0.15) is 0 Å². The highest BCUT2D eigenvalue weighted by Gasteiger charge is 2.19. The van der Waals surface area contributed by atoms with Crippen LogP contribution in [0.3, 0.4) is 0 Å². The van der Waals surface area contributed by atoms with E-state index in [2.05, 4.69) is 0 Å². The highest BCUT2D eigenvalue weighted by atomic mass is 35.5. The van der Waals surface area contributed by atoms with Crippen LogP contribution in [0.5, 0.6) is 0 Å². The van der Waals surface area contributed by atoms with E-state index in [1.165, 1.54) is 4.90 Å². The first-order chi connectivity index (χ1) is 7.49. The molecule has 1 unspecified atom stereocenters. The zero-order chi connectivity index (χ0) is 12.3. The third kappa shape index (κ3) is 2.46. The molecule has 0 aliphatic rings. The Morgan fingerprint density at radius 3 is 2.81 bits per heavy atom. The second-order valence-electron chi connectivity index (χ2n) is 3.66. The van der Waals surface area contributed by atoms with Crippen LogP contribution in [0.1, 0.15) is 17.3 Å². The molecule has 16 heavy (non-hydrogen) atoms. The zero-order valence-electron chi connectivity index (χ0n) is 9.27. The molecule has 1 aromatic carbocycles. The first kappa shape index (κ1) is 12.8. The van der Waals surface area contributed by atoms with Gasteiger partial charge in [0.25, 0.3) is 5.91 Å². The van der Waals surface area contributed by atoms with Crippen molar-refractivity contribution in [1.29, 1.82) is 0 Å². The number of aliphatic hydroxyl groups is 1. The summed E-state index contributed by atoms with van der Waals surface area (Å²) in [5.41, 5.74) is 6.34. The summed E-state index contributed by atoms with van der Waals surface area (Å²) in [5.74, 6) is -0.251. The number of carbonyl (C=O) groups excluding carboxylic acids is 1. The summed E-state index contributed by atoms with van der Waals surface area (Å²) in [7, 11) is 1.61. The molecule has 0 radical (unpaired) electrons. The number of anilines is 1. The van der Waals surface area contributed by atoms with Crippen molar-refractivity contribution in [1.82, 2.24) is 4.90 Å². The van der Waals surface area contributed by atoms with E-state index in [0.717, 1.165) is 0 Å². The largest absolute Gasteiger partial charge is 0.398 e. The minimum absolute atomic E-state index is 0.0951. The number of likely N-dealkylation sites (N-methyl/N-ethyl adjacent to an activating group) is 1. The van der Waals surface area contributed by atoms with E-state index in [-0.39, 0.29) is 23.6 Å². The normalized spacial score (nSPS) is 12.2. The lowest BCUT2D eigenvalue weighted by atomic mass is 10.1. The van der Waals surface area contributed by atoms with Crippen molar-refractivity contribution in [3.63, 3.8) is 0 Å². The van der Waals surface area contributed by atoms with Crippen LogP contribution >= 0.6 is 11.6 Å². The van der Waals surface area contributed by atoms with Crippen molar-refractivity contribution in [2.45, 2.75) is 13.0 Å². The first-order valence-corrected chi connectivity index (χ1v) is 5.28. The Kier molecular flexibility index (Phi) is 4.15. The second kappa shape index (κ2) is 5.18. The fraction of sp³-hybridized carbons (Fsp3) is 0.364. The molecule has 0 aromatic heterocycles. The Hall–Kier alpha value is -1.26. The van der Waals surface area contributed by atoms with Crippen molar-refractivity contribution < 1.29 is 9.90 Å². The maximum Gasteiger partial charge on any atom is 0.255 e. The standard InChI is InChI=1S/C11H15ClN2O2/c1-7(6-15)14(2)11(16)8-4-3-5-9(13)10(8)12/h3-5,7,15H,6,13H2,1-2H3. The number of rotatable bonds is 3. The molecule has 0 fully saturated rings. The maximum absolute atomic E-state index is 12.0. The minimum atomic E-state index is -0.259. The number of nitrogens with two attached hydrogens (primary N) is 1. The number of carbonyl (C=O) groups is 1. The summed E-state index contributed by atoms with van der Waals surface area (Å²) >= 11 is 5.95. The monoisotopic (exact) mass is 242 g/mol. The van der Waals surface area contributed by atoms with Crippen molar-refractivity contribution in [3.8, 4) is 0 Å². The maximum atomic E-state index is 12.0. The van der Waals surface area contributed by atoms with E-state index >= 15 is 0 Å². The van der Waals surface area contributed by atoms with Gasteiger partial charge >= 0.3 is 0 Å². The molecule has 0 spiro atoms. The van der Waals surface area contributed by atoms with E-state index in [1.807, 2.05) is 0 Å². The molecule has 1 aromatic rings. The van der Waals surface area contributed by atoms with Crippen LogP contribution in [-0.4, -0.2) is 35.6 Å². The summed E-state index contributed by atoms with van der Waals surface area (Å²) in [6, 6.07) is 4.66. The van der Waals surface area contributed by atoms with Crippen LogP contribution in [0, 0.1) is 0 Å². The lowest BCUT2D eigenvalue weighted by Crippen LogP contribution is -2.37. The van der Waals surface area contributed by atoms with Gasteiger partial charge in [-0.3, -0.25) is 4.79 Å². The number of nitrogens with zero attached hydrogens (tertiary/aromatic N) is 1. The van der Waals surface area contributed by atoms with Gasteiger partial charge in [-0.25, -0.2) is 0 Å². The van der Waals surface area contributed by atoms with Crippen molar-refractivity contribution in [2.75, 3.05) is 19.4 Å². The van der Waals surface area contributed by atoms with Crippen molar-refractivity contribution >= 4 is 23.2 Å². The molecule has 1 atom stereocenters. The SMILES string of the molecule is CC(CO)N(C)C(=O)c1cccc(N)c1Cl. The predicted octanol–water partition coefficient (Wildman–Crippen LogP) is 1.38. The lowest BCUT2D eigenvalue weighted by molar-refractivity contribution is 0.0682. The summed E-state index contributed by atoms with van der Waals surface area (Å²) in [5, 5.41) is 9.23. The molecular weight excluding hydrogens is 228 g/mol. The lowest BCUT2D eigenvalue weighted by Gasteiger charge is -2.23. The molecule has 0 aliphatic carbocycles. The number of amides is 1. The highest BCUT2D eigenvalue weighted by molar-refractivity contribution is 6.36. The van der Waals surface area contributed by atoms with Crippen LogP contribution in [-0.2, 0) is 0 Å². The summed E-state index contributed by atoms with van der Waals surface area (Å²) in [4.78, 5) is 13.4. The van der Waals surface area contributed by atoms with Crippen LogP contribution < -0.4 is 5.73 Å². The van der Waals surface area contributed by atoms with Gasteiger partial charge in [0, 0.05) is 7.05 Å². The molecule has 0 bridgehead atoms. The van der Waals surface area contributed by atoms with Crippen LogP contribution in [0.4, 0.5) is 5.69 Å². The van der Waals surface area contributed by atoms with Crippen LogP contribution in [0.25, 0.3) is 0 Å². The van der Waals surface area contributed by atoms with Gasteiger partial charge in [0.1, 0.15) is 0 Å². The van der Waals surface area contributed by atoms with Gasteiger partial charge in [-0.05, 0) is 19.1 Å². The van der Waals surface area contributed by atoms with Gasteiger partial charge in [0.2, 0.25) is 0 Å². The van der Waals surface area contributed by atoms with E-state index in [4.69, 9.17) is 22.4 Å². The number of hydrogen-bond acceptors (Lipinski definition) is 3. The van der Waals surface area contributed by atoms with Gasteiger partial charge in [0.05, 0.1) is 28.9 Å². The van der Waals surface area contributed by atoms with Crippen molar-refractivity contribution in [3.05, 3.63) is 28.8 Å². The number of hydrogen-bond donors (Lipinski definition) is 2. The minimum Gasteiger partial charge on any atom is -0.398 e. The van der Waals surface area contributed by atoms with E-state index in [9.17, 15) is 4.79 Å². The first-order valence-electron chi connectivity index (χ1n) is 4.91. The number of benzene rings is 1. The zero-order valence-corrected chi connectivity index (χ0v) is 10.0. The fourth-order valence-corrected chi connectivity index (χ4v) is 1.43. The van der Waals surface area contributed by atoms with Gasteiger partial charge in [0.15, 0.2) is 0 Å². The number of aliphatic hydroxyl groups excluding tert-OH is 1. The van der Waals surface area contributed by atoms with Crippen LogP contribution in [0.2, 0.25) is 5.02 Å². The quantitative estimate of drug-likeness (QED) is 0.787. The molecule has 0 saturated carbocycles. The Bertz CT molecular complexity index is 396. The van der Waals surface area contributed by atoms with E-state index in [1.54, 1.807) is 32.2 Å². The summed E-state index contributed by atoms with van der Waals surface area (Å²) in [6.07, 6.45) is 0. The van der Waals surface area contributed by atoms with Gasteiger partial charge in [-0.15, -0.1) is 0 Å². The average molecular weight is 243 g/mol. The second-order valence-corrected chi connectivity index (χ2v) is 4.03. The fourth-order valence-electron chi connectivity index (χ4n) is 1.23. The third-order valence-electron chi connectivity index (χ3n) is 2.50. The molecule has 5 heteroatoms. The third-order valence-corrected chi connectivity index (χ3v) is 2.93. The van der Waals surface area contributed by atoms with Gasteiger partial charge < -0.3 is 15.7 Å². The molecule has 3 N–H and O–H groups in total. The average Bonchev–Trinajstić information content (AvgIpc) is 2.29. The number of nitrogen functional groups attached to an aromatic ring is 1. The molecule has 0 aliphatic heterocycles. The number of halogens is 1. The summed E-state index contributed by atoms with van der Waals surface area (Å²) < 4.78 is 0. The Morgan fingerprint density at radius 2 is 2.25 bits per heavy atom. The van der Waals surface area contributed by atoms with E-state index in [0.29, 0.717) is 11.3 Å². The molecule has 4 nitrogen and oxygen atoms in total. The van der Waals surface area contributed by atoms with Crippen molar-refractivity contribution in [2.24, 2.45) is 0 Å². The molecule has 88 valence electrons. The Morgan fingerprint density at radius 1 is 1.62 bits per heavy atom. The smallest absolute Gasteiger partial charge is 0.255 e. The van der Waals surface area contributed by atoms with Gasteiger partial charge in [-0.1, -0.05) is 17.7 Å². The molecule has 1 rings (SSSR count). The summed E-state index contributed by atoms with van der Waals surface area (Å²) in [6.45, 7) is 1.65. The molecular formula is C11H15ClN2O2. The Labute approximate surface area is 99.6 Å². The molecule has 0 heterocycles. The Balaban J connectivity index is 3.01. The van der Waals surface area contributed by atoms with Crippen LogP contribution in [0.15, 0.2) is 18.2 Å². The predicted molar refractivity (Wildman–Crippen MR) is 64.5 cm³/mol.